The van der Waals surface area contributed by atoms with Gasteiger partial charge < -0.3 is 0 Å². The van der Waals surface area contributed by atoms with Crippen LogP contribution in [0, 0.1) is 0 Å². The van der Waals surface area contributed by atoms with Gasteiger partial charge in [0.15, 0.2) is 12.2 Å². The van der Waals surface area contributed by atoms with Crippen molar-refractivity contribution in [3.05, 3.63) is 142 Å². The van der Waals surface area contributed by atoms with Gasteiger partial charge in [-0.1, -0.05) is 125 Å². The molecule has 0 bridgehead atoms. The number of aryl methyl sites for hydroxylation is 4. The molecule has 196 valence electrons. The summed E-state index contributed by atoms with van der Waals surface area (Å²) in [5.41, 5.74) is 8.83. The van der Waals surface area contributed by atoms with Crippen molar-refractivity contribution in [2.45, 2.75) is 65.6 Å². The molecule has 38 heavy (non-hydrogen) atoms. The molecule has 0 fully saturated rings. The van der Waals surface area contributed by atoms with E-state index < -0.39 is 20.5 Å². The van der Waals surface area contributed by atoms with Crippen molar-refractivity contribution in [1.82, 2.24) is 0 Å². The summed E-state index contributed by atoms with van der Waals surface area (Å²) in [4.78, 5) is 0. The van der Waals surface area contributed by atoms with E-state index in [1.54, 1.807) is 0 Å². The first-order valence-corrected chi connectivity index (χ1v) is 14.8. The van der Waals surface area contributed by atoms with Crippen LogP contribution in [0.5, 0.6) is 0 Å². The zero-order valence-electron chi connectivity index (χ0n) is 22.9. The van der Waals surface area contributed by atoms with Crippen LogP contribution in [0.15, 0.2) is 97.1 Å². The Balaban J connectivity index is 1.76. The van der Waals surface area contributed by atoms with Crippen LogP contribution >= 0.6 is 8.25 Å². The predicted molar refractivity (Wildman–Crippen MR) is 157 cm³/mol. The monoisotopic (exact) mass is 525 g/mol. The summed E-state index contributed by atoms with van der Waals surface area (Å²) >= 11 is 0. The van der Waals surface area contributed by atoms with Crippen molar-refractivity contribution >= 4 is 8.25 Å². The molecule has 4 aromatic carbocycles. The first-order valence-electron chi connectivity index (χ1n) is 13.7. The third-order valence-corrected chi connectivity index (χ3v) is 8.02. The van der Waals surface area contributed by atoms with Crippen molar-refractivity contribution in [3.8, 4) is 0 Å². The van der Waals surface area contributed by atoms with E-state index in [1.165, 1.54) is 22.3 Å². The maximum Gasteiger partial charge on any atom is 0.699 e. The summed E-state index contributed by atoms with van der Waals surface area (Å²) in [6, 6.07) is 33.0. The van der Waals surface area contributed by atoms with E-state index in [0.717, 1.165) is 47.9 Å². The molecule has 0 N–H and O–H groups in total. The van der Waals surface area contributed by atoms with Crippen molar-refractivity contribution in [3.63, 3.8) is 0 Å². The Bertz CT molecular complexity index is 1170. The van der Waals surface area contributed by atoms with Gasteiger partial charge in [0.1, 0.15) is 0 Å². The van der Waals surface area contributed by atoms with E-state index in [4.69, 9.17) is 9.05 Å². The highest BCUT2D eigenvalue weighted by Gasteiger charge is 2.37. The molecule has 0 saturated carbocycles. The van der Waals surface area contributed by atoms with Crippen LogP contribution in [0.3, 0.4) is 0 Å². The molecule has 4 heteroatoms. The van der Waals surface area contributed by atoms with E-state index in [-0.39, 0.29) is 0 Å². The first-order chi connectivity index (χ1) is 18.6. The Kier molecular flexibility index (Phi) is 10.0. The number of hydrogen-bond acceptors (Lipinski definition) is 3. The fourth-order valence-electron chi connectivity index (χ4n) is 5.21. The molecule has 0 heterocycles. The molecule has 0 aliphatic carbocycles. The van der Waals surface area contributed by atoms with E-state index in [2.05, 4.69) is 76.2 Å². The second-order valence-electron chi connectivity index (χ2n) is 9.40. The summed E-state index contributed by atoms with van der Waals surface area (Å²) in [5.74, 6) is 0. The van der Waals surface area contributed by atoms with Crippen molar-refractivity contribution in [1.29, 1.82) is 0 Å². The van der Waals surface area contributed by atoms with Crippen LogP contribution in [0.4, 0.5) is 0 Å². The molecule has 0 aromatic heterocycles. The summed E-state index contributed by atoms with van der Waals surface area (Å²) in [6.07, 6.45) is 2.46. The smallest absolute Gasteiger partial charge is 0.106 e. The van der Waals surface area contributed by atoms with Gasteiger partial charge >= 0.3 is 8.25 Å². The van der Waals surface area contributed by atoms with Gasteiger partial charge in [0.05, 0.1) is 0 Å². The van der Waals surface area contributed by atoms with Crippen LogP contribution < -0.4 is 0 Å². The molecule has 0 atom stereocenters. The number of benzene rings is 4. The largest absolute Gasteiger partial charge is 0.699 e. The van der Waals surface area contributed by atoms with Crippen LogP contribution in [-0.4, -0.2) is 0 Å². The lowest BCUT2D eigenvalue weighted by molar-refractivity contribution is 0.162. The average molecular weight is 526 g/mol. The summed E-state index contributed by atoms with van der Waals surface area (Å²) in [6.45, 7) is 8.55. The Hall–Kier alpha value is -3.10. The zero-order valence-corrected chi connectivity index (χ0v) is 23.8. The quantitative estimate of drug-likeness (QED) is 0.173. The molecule has 0 aliphatic rings. The van der Waals surface area contributed by atoms with Gasteiger partial charge in [-0.15, -0.1) is 9.05 Å². The SMILES string of the molecule is CCc1ccccc1C(O[P+](=O)OC(c1ccccc1CC)c1ccccc1CC)c1ccccc1CC. The van der Waals surface area contributed by atoms with Gasteiger partial charge in [0, 0.05) is 4.57 Å². The van der Waals surface area contributed by atoms with Crippen molar-refractivity contribution in [2.24, 2.45) is 0 Å². The summed E-state index contributed by atoms with van der Waals surface area (Å²) in [7, 11) is -2.47. The van der Waals surface area contributed by atoms with E-state index in [9.17, 15) is 4.57 Å². The predicted octanol–water partition coefficient (Wildman–Crippen LogP) is 9.51. The third-order valence-electron chi connectivity index (χ3n) is 7.26. The second-order valence-corrected chi connectivity index (χ2v) is 10.3. The molecular weight excluding hydrogens is 487 g/mol. The Morgan fingerprint density at radius 2 is 0.711 bits per heavy atom. The fraction of sp³-hybridized carbons (Fsp3) is 0.294. The molecule has 0 aliphatic heterocycles. The topological polar surface area (TPSA) is 35.5 Å². The molecule has 4 aromatic rings. The first kappa shape index (κ1) is 27.9. The van der Waals surface area contributed by atoms with E-state index >= 15 is 0 Å². The highest BCUT2D eigenvalue weighted by atomic mass is 31.1. The molecule has 3 nitrogen and oxygen atoms in total. The molecule has 0 saturated heterocycles. The molecule has 0 unspecified atom stereocenters. The maximum absolute atomic E-state index is 13.9. The molecule has 0 spiro atoms. The lowest BCUT2D eigenvalue weighted by atomic mass is 9.92. The fourth-order valence-corrected chi connectivity index (χ4v) is 6.06. The van der Waals surface area contributed by atoms with Crippen LogP contribution in [0.1, 0.15) is 84.4 Å². The minimum absolute atomic E-state index is 0.491. The van der Waals surface area contributed by atoms with Crippen LogP contribution in [-0.2, 0) is 39.3 Å². The molecule has 0 amide bonds. The van der Waals surface area contributed by atoms with Gasteiger partial charge in [-0.05, 0) is 70.2 Å². The lowest BCUT2D eigenvalue weighted by Gasteiger charge is -2.20. The van der Waals surface area contributed by atoms with Gasteiger partial charge in [0.25, 0.3) is 0 Å². The zero-order chi connectivity index (χ0) is 26.9. The van der Waals surface area contributed by atoms with Gasteiger partial charge in [-0.2, -0.15) is 0 Å². The van der Waals surface area contributed by atoms with Gasteiger partial charge in [0.2, 0.25) is 0 Å². The van der Waals surface area contributed by atoms with Gasteiger partial charge in [-0.25, -0.2) is 0 Å². The van der Waals surface area contributed by atoms with Crippen molar-refractivity contribution in [2.75, 3.05) is 0 Å². The standard InChI is InChI=1S/C34H38O3P/c1-5-25-17-9-13-21-29(25)33(30-22-14-10-18-26(30)6-2)36-38(35)37-34(31-23-15-11-19-27(31)7-3)32-24-16-12-20-28(32)8-4/h9-24,33-34H,5-8H2,1-4H3/q+1. The summed E-state index contributed by atoms with van der Waals surface area (Å²) < 4.78 is 26.7. The second kappa shape index (κ2) is 13.6. The normalized spacial score (nSPS) is 11.3. The lowest BCUT2D eigenvalue weighted by Crippen LogP contribution is -2.11. The van der Waals surface area contributed by atoms with E-state index in [1.807, 2.05) is 48.5 Å². The molecule has 0 radical (unpaired) electrons. The highest BCUT2D eigenvalue weighted by molar-refractivity contribution is 7.33. The number of rotatable bonds is 12. The number of hydrogen-bond donors (Lipinski definition) is 0. The van der Waals surface area contributed by atoms with Crippen LogP contribution in [0.25, 0.3) is 0 Å². The maximum atomic E-state index is 13.9. The van der Waals surface area contributed by atoms with Gasteiger partial charge in [-0.3, -0.25) is 0 Å². The Morgan fingerprint density at radius 3 is 0.947 bits per heavy atom. The third kappa shape index (κ3) is 6.30. The van der Waals surface area contributed by atoms with E-state index in [0.29, 0.717) is 0 Å². The minimum atomic E-state index is -2.47. The minimum Gasteiger partial charge on any atom is -0.106 e. The van der Waals surface area contributed by atoms with Crippen LogP contribution in [0.2, 0.25) is 0 Å². The molecule has 4 rings (SSSR count). The molecular formula is C34H38O3P+. The average Bonchev–Trinajstić information content (AvgIpc) is 2.98. The Labute approximate surface area is 228 Å². The Morgan fingerprint density at radius 1 is 0.474 bits per heavy atom. The summed E-state index contributed by atoms with van der Waals surface area (Å²) in [5, 5.41) is 0. The van der Waals surface area contributed by atoms with Crippen molar-refractivity contribution < 1.29 is 13.6 Å². The highest BCUT2D eigenvalue weighted by Crippen LogP contribution is 2.45.